The summed E-state index contributed by atoms with van der Waals surface area (Å²) < 4.78 is 34.7. The molecule has 0 radical (unpaired) electrons. The second-order valence-corrected chi connectivity index (χ2v) is 10.4. The first-order valence-corrected chi connectivity index (χ1v) is 14.4. The van der Waals surface area contributed by atoms with Gasteiger partial charge in [0.1, 0.15) is 10.1 Å². The van der Waals surface area contributed by atoms with E-state index < -0.39 is 10.1 Å². The molecular weight excluding hydrogens is 454 g/mol. The van der Waals surface area contributed by atoms with E-state index in [1.165, 1.54) is 75.5 Å². The van der Waals surface area contributed by atoms with E-state index in [1.54, 1.807) is 12.1 Å². The molecule has 0 aliphatic heterocycles. The quantitative estimate of drug-likeness (QED) is 0.136. The molecule has 0 N–H and O–H groups in total. The number of nitrogens with zero attached hydrogens (tertiary/aromatic N) is 1. The van der Waals surface area contributed by atoms with E-state index in [0.717, 1.165) is 24.9 Å². The summed E-state index contributed by atoms with van der Waals surface area (Å²) >= 11 is 0. The Morgan fingerprint density at radius 2 is 1.14 bits per heavy atom. The van der Waals surface area contributed by atoms with Crippen LogP contribution in [-0.2, 0) is 23.1 Å². The van der Waals surface area contributed by atoms with E-state index in [-0.39, 0.29) is 4.90 Å². The Bertz CT molecular complexity index is 983. The monoisotopic (exact) mass is 495 g/mol. The zero-order valence-corrected chi connectivity index (χ0v) is 22.0. The third-order valence-corrected chi connectivity index (χ3v) is 6.87. The number of unbranched alkanes of at least 4 members (excludes halogenated alkanes) is 9. The number of hydrogen-bond acceptors (Lipinski definition) is 3. The molecule has 3 rings (SSSR count). The van der Waals surface area contributed by atoms with E-state index in [4.69, 9.17) is 0 Å². The minimum atomic E-state index is -4.31. The van der Waals surface area contributed by atoms with Crippen molar-refractivity contribution in [3.63, 3.8) is 0 Å². The van der Waals surface area contributed by atoms with Crippen LogP contribution in [0.25, 0.3) is 0 Å². The maximum absolute atomic E-state index is 10.8. The lowest BCUT2D eigenvalue weighted by Gasteiger charge is -2.08. The van der Waals surface area contributed by atoms with Gasteiger partial charge in [-0.15, -0.1) is 0 Å². The van der Waals surface area contributed by atoms with Crippen molar-refractivity contribution < 1.29 is 17.5 Å². The van der Waals surface area contributed by atoms with Crippen molar-refractivity contribution in [2.75, 3.05) is 0 Å². The Morgan fingerprint density at radius 1 is 0.629 bits per heavy atom. The summed E-state index contributed by atoms with van der Waals surface area (Å²) in [5.41, 5.74) is 2.44. The number of aromatic nitrogens is 1. The Balaban J connectivity index is 0.000000279. The number of hydrogen-bond donors (Lipinski definition) is 0. The van der Waals surface area contributed by atoms with E-state index in [2.05, 4.69) is 48.1 Å². The van der Waals surface area contributed by atoms with Gasteiger partial charge in [0, 0.05) is 17.7 Å². The molecule has 1 aromatic heterocycles. The van der Waals surface area contributed by atoms with Gasteiger partial charge in [-0.1, -0.05) is 113 Å². The molecule has 190 valence electrons. The van der Waals surface area contributed by atoms with Crippen molar-refractivity contribution in [3.05, 3.63) is 96.3 Å². The first kappa shape index (κ1) is 28.7. The molecule has 0 aliphatic carbocycles. The summed E-state index contributed by atoms with van der Waals surface area (Å²) in [5, 5.41) is 0. The molecule has 4 nitrogen and oxygen atoms in total. The molecule has 0 unspecified atom stereocenters. The first-order chi connectivity index (χ1) is 17.0. The minimum absolute atomic E-state index is 0.140. The molecule has 0 fully saturated rings. The van der Waals surface area contributed by atoms with Crippen LogP contribution in [0.1, 0.15) is 82.3 Å². The van der Waals surface area contributed by atoms with Crippen LogP contribution in [0.4, 0.5) is 0 Å². The fourth-order valence-electron chi connectivity index (χ4n) is 3.97. The van der Waals surface area contributed by atoms with Crippen molar-refractivity contribution in [2.24, 2.45) is 0 Å². The van der Waals surface area contributed by atoms with Crippen molar-refractivity contribution in [1.29, 1.82) is 0 Å². The molecule has 0 aliphatic rings. The van der Waals surface area contributed by atoms with Gasteiger partial charge in [-0.25, -0.2) is 13.0 Å². The zero-order chi connectivity index (χ0) is 25.2. The lowest BCUT2D eigenvalue weighted by molar-refractivity contribution is -0.688. The first-order valence-electron chi connectivity index (χ1n) is 13.0. The van der Waals surface area contributed by atoms with Crippen LogP contribution < -0.4 is 4.57 Å². The van der Waals surface area contributed by atoms with E-state index in [1.807, 2.05) is 24.3 Å². The minimum Gasteiger partial charge on any atom is -0.744 e. The third-order valence-electron chi connectivity index (χ3n) is 6.02. The molecule has 1 heterocycles. The molecule has 35 heavy (non-hydrogen) atoms. The fourth-order valence-corrected chi connectivity index (χ4v) is 4.44. The van der Waals surface area contributed by atoms with Crippen LogP contribution in [0.15, 0.2) is 90.1 Å². The molecule has 3 aromatic rings. The Hall–Kier alpha value is -2.50. The van der Waals surface area contributed by atoms with Gasteiger partial charge in [0.05, 0.1) is 4.90 Å². The average molecular weight is 496 g/mol. The van der Waals surface area contributed by atoms with Crippen molar-refractivity contribution in [1.82, 2.24) is 0 Å². The normalized spacial score (nSPS) is 11.0. The molecule has 0 spiro atoms. The predicted octanol–water partition coefficient (Wildman–Crippen LogP) is 7.08. The predicted molar refractivity (Wildman–Crippen MR) is 142 cm³/mol. The fraction of sp³-hybridized carbons (Fsp3) is 0.433. The molecule has 0 saturated heterocycles. The molecule has 2 aromatic carbocycles. The van der Waals surface area contributed by atoms with E-state index >= 15 is 0 Å². The van der Waals surface area contributed by atoms with Crippen molar-refractivity contribution >= 4 is 10.1 Å². The molecule has 5 heteroatoms. The number of rotatable bonds is 14. The second kappa shape index (κ2) is 17.0. The van der Waals surface area contributed by atoms with Crippen LogP contribution in [0, 0.1) is 0 Å². The average Bonchev–Trinajstić information content (AvgIpc) is 2.87. The van der Waals surface area contributed by atoms with Gasteiger partial charge in [0.15, 0.2) is 18.9 Å². The largest absolute Gasteiger partial charge is 0.744 e. The molecule has 0 atom stereocenters. The SMILES string of the molecule is CCCCCCCCCCCCc1ccc(S(=O)(=O)[O-])cc1.c1ccc(C[n+]2ccccc2)cc1. The molecule has 0 saturated carbocycles. The molecule has 0 amide bonds. The van der Waals surface area contributed by atoms with Crippen LogP contribution in [-0.4, -0.2) is 13.0 Å². The summed E-state index contributed by atoms with van der Waals surface area (Å²) in [6.07, 6.45) is 18.2. The van der Waals surface area contributed by atoms with Crippen LogP contribution in [0.2, 0.25) is 0 Å². The standard InChI is InChI=1S/C18H30O3S.C12H12N/c1-2-3-4-5-6-7-8-9-10-11-12-17-13-15-18(16-14-17)22(19,20)21;1-3-7-12(8-4-1)11-13-9-5-2-6-10-13/h13-16H,2-12H2,1H3,(H,19,20,21);1-10H,11H2/q;+1/p-1. The highest BCUT2D eigenvalue weighted by Crippen LogP contribution is 2.14. The Kier molecular flexibility index (Phi) is 14.0. The summed E-state index contributed by atoms with van der Waals surface area (Å²) in [7, 11) is -4.31. The van der Waals surface area contributed by atoms with Crippen molar-refractivity contribution in [3.8, 4) is 0 Å². The summed E-state index contributed by atoms with van der Waals surface area (Å²) in [4.78, 5) is -0.140. The van der Waals surface area contributed by atoms with E-state index in [9.17, 15) is 13.0 Å². The van der Waals surface area contributed by atoms with Gasteiger partial charge in [-0.3, -0.25) is 0 Å². The summed E-state index contributed by atoms with van der Waals surface area (Å²) in [5.74, 6) is 0. The highest BCUT2D eigenvalue weighted by Gasteiger charge is 2.01. The van der Waals surface area contributed by atoms with Gasteiger partial charge in [0.2, 0.25) is 0 Å². The van der Waals surface area contributed by atoms with Gasteiger partial charge in [-0.2, -0.15) is 0 Å². The van der Waals surface area contributed by atoms with Gasteiger partial charge in [-0.05, 0) is 30.5 Å². The van der Waals surface area contributed by atoms with Crippen LogP contribution >= 0.6 is 0 Å². The number of aryl methyl sites for hydroxylation is 1. The Labute approximate surface area is 212 Å². The molecule has 0 bridgehead atoms. The third kappa shape index (κ3) is 13.2. The molecular formula is C30H41NO3S. The lowest BCUT2D eigenvalue weighted by Crippen LogP contribution is -2.32. The van der Waals surface area contributed by atoms with Gasteiger partial charge in [0.25, 0.3) is 0 Å². The zero-order valence-electron chi connectivity index (χ0n) is 21.1. The number of benzene rings is 2. The highest BCUT2D eigenvalue weighted by molar-refractivity contribution is 7.85. The lowest BCUT2D eigenvalue weighted by atomic mass is 10.0. The smallest absolute Gasteiger partial charge is 0.173 e. The number of pyridine rings is 1. The van der Waals surface area contributed by atoms with Gasteiger partial charge < -0.3 is 4.55 Å². The van der Waals surface area contributed by atoms with Crippen molar-refractivity contribution in [2.45, 2.75) is 89.0 Å². The highest BCUT2D eigenvalue weighted by atomic mass is 32.2. The summed E-state index contributed by atoms with van der Waals surface area (Å²) in [6, 6.07) is 22.9. The van der Waals surface area contributed by atoms with Crippen LogP contribution in [0.3, 0.4) is 0 Å². The maximum atomic E-state index is 10.8. The topological polar surface area (TPSA) is 61.1 Å². The summed E-state index contributed by atoms with van der Waals surface area (Å²) in [6.45, 7) is 3.19. The van der Waals surface area contributed by atoms with Crippen LogP contribution in [0.5, 0.6) is 0 Å². The Morgan fingerprint density at radius 3 is 1.69 bits per heavy atom. The van der Waals surface area contributed by atoms with E-state index in [0.29, 0.717) is 0 Å². The maximum Gasteiger partial charge on any atom is 0.173 e. The second-order valence-electron chi connectivity index (χ2n) is 9.06. The van der Waals surface area contributed by atoms with Gasteiger partial charge >= 0.3 is 0 Å².